The predicted octanol–water partition coefficient (Wildman–Crippen LogP) is 1.37. The van der Waals surface area contributed by atoms with E-state index in [0.29, 0.717) is 16.5 Å². The van der Waals surface area contributed by atoms with Crippen LogP contribution in [-0.2, 0) is 9.59 Å². The molecule has 0 unspecified atom stereocenters. The number of hydrogen-bond acceptors (Lipinski definition) is 8. The number of aromatic nitrogens is 4. The van der Waals surface area contributed by atoms with Crippen molar-refractivity contribution in [2.75, 3.05) is 12.4 Å². The highest BCUT2D eigenvalue weighted by Crippen LogP contribution is 2.18. The fourth-order valence-electron chi connectivity index (χ4n) is 2.19. The second kappa shape index (κ2) is 9.99. The number of para-hydroxylation sites is 2. The third-order valence-corrected chi connectivity index (χ3v) is 4.36. The van der Waals surface area contributed by atoms with Gasteiger partial charge in [0.15, 0.2) is 6.61 Å². The Morgan fingerprint density at radius 3 is 2.72 bits per heavy atom. The van der Waals surface area contributed by atoms with Gasteiger partial charge in [0.05, 0.1) is 17.7 Å². The number of tetrazole rings is 1. The molecule has 29 heavy (non-hydrogen) atoms. The average molecular weight is 412 g/mol. The highest BCUT2D eigenvalue weighted by atomic mass is 32.2. The first-order chi connectivity index (χ1) is 14.1. The molecule has 0 spiro atoms. The lowest BCUT2D eigenvalue weighted by Crippen LogP contribution is -2.20. The van der Waals surface area contributed by atoms with E-state index in [1.165, 1.54) is 22.7 Å². The molecule has 3 aromatic rings. The topological polar surface area (TPSA) is 132 Å². The number of benzene rings is 2. The Hall–Kier alpha value is -3.73. The number of carbonyl (C=O) groups is 2. The van der Waals surface area contributed by atoms with Crippen molar-refractivity contribution < 1.29 is 19.4 Å². The standard InChI is InChI=1S/C18H16N6O4S/c25-16(12-29-18-21-22-23-24(18)14-7-2-1-3-8-14)20-19-10-13-6-4-5-9-15(13)28-11-17(26)27/h1-10H,11-12H2,(H,20,25)(H,26,27). The zero-order valence-corrected chi connectivity index (χ0v) is 15.8. The van der Waals surface area contributed by atoms with Gasteiger partial charge in [-0.15, -0.1) is 5.10 Å². The van der Waals surface area contributed by atoms with Gasteiger partial charge in [0.25, 0.3) is 5.91 Å². The van der Waals surface area contributed by atoms with Crippen LogP contribution in [0.3, 0.4) is 0 Å². The molecule has 0 aliphatic rings. The van der Waals surface area contributed by atoms with Crippen LogP contribution in [0.1, 0.15) is 5.56 Å². The van der Waals surface area contributed by atoms with Gasteiger partial charge in [-0.1, -0.05) is 42.1 Å². The summed E-state index contributed by atoms with van der Waals surface area (Å²) in [5.74, 6) is -1.02. The number of aliphatic carboxylic acids is 1. The Bertz CT molecular complexity index is 1010. The van der Waals surface area contributed by atoms with Gasteiger partial charge in [-0.05, 0) is 34.7 Å². The maximum atomic E-state index is 12.0. The van der Waals surface area contributed by atoms with Crippen LogP contribution in [0.2, 0.25) is 0 Å². The van der Waals surface area contributed by atoms with Crippen molar-refractivity contribution in [1.82, 2.24) is 25.6 Å². The lowest BCUT2D eigenvalue weighted by Gasteiger charge is -2.06. The molecule has 148 valence electrons. The first-order valence-corrected chi connectivity index (χ1v) is 9.34. The van der Waals surface area contributed by atoms with Gasteiger partial charge >= 0.3 is 5.97 Å². The normalized spacial score (nSPS) is 10.8. The quantitative estimate of drug-likeness (QED) is 0.306. The lowest BCUT2D eigenvalue weighted by molar-refractivity contribution is -0.139. The van der Waals surface area contributed by atoms with Crippen LogP contribution in [0, 0.1) is 0 Å². The number of carboxylic acids is 1. The van der Waals surface area contributed by atoms with Crippen LogP contribution >= 0.6 is 11.8 Å². The van der Waals surface area contributed by atoms with E-state index in [-0.39, 0.29) is 11.7 Å². The summed E-state index contributed by atoms with van der Waals surface area (Å²) in [7, 11) is 0. The summed E-state index contributed by atoms with van der Waals surface area (Å²) in [5.41, 5.74) is 3.73. The predicted molar refractivity (Wildman–Crippen MR) is 105 cm³/mol. The lowest BCUT2D eigenvalue weighted by atomic mass is 10.2. The van der Waals surface area contributed by atoms with Crippen molar-refractivity contribution >= 4 is 29.9 Å². The monoisotopic (exact) mass is 412 g/mol. The minimum absolute atomic E-state index is 0.0572. The number of ether oxygens (including phenoxy) is 1. The molecule has 2 N–H and O–H groups in total. The third kappa shape index (κ3) is 5.87. The molecule has 11 heteroatoms. The Morgan fingerprint density at radius 2 is 1.93 bits per heavy atom. The fourth-order valence-corrected chi connectivity index (χ4v) is 2.88. The number of rotatable bonds is 9. The SMILES string of the molecule is O=C(O)COc1ccccc1C=NNC(=O)CSc1nnnn1-c1ccccc1. The number of thioether (sulfide) groups is 1. The van der Waals surface area contributed by atoms with E-state index in [9.17, 15) is 9.59 Å². The zero-order chi connectivity index (χ0) is 20.5. The summed E-state index contributed by atoms with van der Waals surface area (Å²) in [5, 5.41) is 24.6. The zero-order valence-electron chi connectivity index (χ0n) is 15.0. The van der Waals surface area contributed by atoms with Crippen LogP contribution < -0.4 is 10.2 Å². The van der Waals surface area contributed by atoms with Gasteiger partial charge in [-0.25, -0.2) is 10.2 Å². The van der Waals surface area contributed by atoms with Crippen molar-refractivity contribution in [2.24, 2.45) is 5.10 Å². The van der Waals surface area contributed by atoms with Gasteiger partial charge in [-0.2, -0.15) is 9.78 Å². The molecule has 0 fully saturated rings. The van der Waals surface area contributed by atoms with E-state index >= 15 is 0 Å². The van der Waals surface area contributed by atoms with E-state index < -0.39 is 12.6 Å². The molecule has 0 bridgehead atoms. The molecule has 2 aromatic carbocycles. The maximum Gasteiger partial charge on any atom is 0.341 e. The largest absolute Gasteiger partial charge is 0.481 e. The Kier molecular flexibility index (Phi) is 6.90. The highest BCUT2D eigenvalue weighted by molar-refractivity contribution is 7.99. The first kappa shape index (κ1) is 20.0. The summed E-state index contributed by atoms with van der Waals surface area (Å²) < 4.78 is 6.71. The smallest absolute Gasteiger partial charge is 0.341 e. The number of carboxylic acid groups (broad SMARTS) is 1. The van der Waals surface area contributed by atoms with Gasteiger partial charge in [0.2, 0.25) is 5.16 Å². The van der Waals surface area contributed by atoms with Crippen molar-refractivity contribution in [3.8, 4) is 11.4 Å². The fraction of sp³-hybridized carbons (Fsp3) is 0.111. The summed E-state index contributed by atoms with van der Waals surface area (Å²) in [6.45, 7) is -0.468. The number of nitrogens with zero attached hydrogens (tertiary/aromatic N) is 5. The molecule has 0 radical (unpaired) electrons. The summed E-state index contributed by atoms with van der Waals surface area (Å²) in [6, 6.07) is 16.1. The second-order valence-corrected chi connectivity index (χ2v) is 6.45. The third-order valence-electron chi connectivity index (χ3n) is 3.44. The van der Waals surface area contributed by atoms with Crippen LogP contribution in [0.15, 0.2) is 64.9 Å². The van der Waals surface area contributed by atoms with Crippen LogP contribution in [0.5, 0.6) is 5.75 Å². The van der Waals surface area contributed by atoms with Crippen LogP contribution in [0.25, 0.3) is 5.69 Å². The van der Waals surface area contributed by atoms with E-state index in [0.717, 1.165) is 5.69 Å². The number of hydrogen-bond donors (Lipinski definition) is 2. The van der Waals surface area contributed by atoms with Crippen LogP contribution in [0.4, 0.5) is 0 Å². The van der Waals surface area contributed by atoms with Gasteiger partial charge in [0, 0.05) is 5.56 Å². The Morgan fingerprint density at radius 1 is 1.17 bits per heavy atom. The molecule has 0 saturated heterocycles. The maximum absolute atomic E-state index is 12.0. The number of amides is 1. The Labute approximate surface area is 169 Å². The van der Waals surface area contributed by atoms with Gasteiger partial charge < -0.3 is 9.84 Å². The van der Waals surface area contributed by atoms with E-state index in [2.05, 4.69) is 26.1 Å². The molecule has 3 rings (SSSR count). The van der Waals surface area contributed by atoms with E-state index in [1.807, 2.05) is 30.3 Å². The average Bonchev–Trinajstić information content (AvgIpc) is 3.21. The molecular weight excluding hydrogens is 396 g/mol. The molecule has 1 heterocycles. The minimum Gasteiger partial charge on any atom is -0.481 e. The van der Waals surface area contributed by atoms with Gasteiger partial charge in [-0.3, -0.25) is 4.79 Å². The van der Waals surface area contributed by atoms with E-state index in [4.69, 9.17) is 9.84 Å². The highest BCUT2D eigenvalue weighted by Gasteiger charge is 2.11. The van der Waals surface area contributed by atoms with E-state index in [1.54, 1.807) is 24.3 Å². The minimum atomic E-state index is -1.08. The second-order valence-electron chi connectivity index (χ2n) is 5.51. The summed E-state index contributed by atoms with van der Waals surface area (Å²) in [6.07, 6.45) is 1.38. The molecule has 0 aliphatic carbocycles. The summed E-state index contributed by atoms with van der Waals surface area (Å²) >= 11 is 1.17. The van der Waals surface area contributed by atoms with Crippen molar-refractivity contribution in [1.29, 1.82) is 0 Å². The number of hydrazone groups is 1. The molecule has 0 atom stereocenters. The van der Waals surface area contributed by atoms with Crippen LogP contribution in [-0.4, -0.2) is 55.8 Å². The Balaban J connectivity index is 1.54. The molecule has 1 amide bonds. The summed E-state index contributed by atoms with van der Waals surface area (Å²) in [4.78, 5) is 22.7. The van der Waals surface area contributed by atoms with Crippen molar-refractivity contribution in [3.63, 3.8) is 0 Å². The van der Waals surface area contributed by atoms with Gasteiger partial charge in [0.1, 0.15) is 5.75 Å². The molecule has 10 nitrogen and oxygen atoms in total. The molecule has 1 aromatic heterocycles. The number of carbonyl (C=O) groups excluding carboxylic acids is 1. The molecular formula is C18H16N6O4S. The van der Waals surface area contributed by atoms with Crippen molar-refractivity contribution in [2.45, 2.75) is 5.16 Å². The molecule has 0 aliphatic heterocycles. The number of nitrogens with one attached hydrogen (secondary N) is 1. The van der Waals surface area contributed by atoms with Crippen molar-refractivity contribution in [3.05, 3.63) is 60.2 Å². The molecule has 0 saturated carbocycles. The first-order valence-electron chi connectivity index (χ1n) is 8.35.